The predicted octanol–water partition coefficient (Wildman–Crippen LogP) is 7.00. The first-order valence-electron chi connectivity index (χ1n) is 8.44. The van der Waals surface area contributed by atoms with Gasteiger partial charge in [0.15, 0.2) is 0 Å². The fourth-order valence-electron chi connectivity index (χ4n) is 2.77. The monoisotopic (exact) mass is 368 g/mol. The summed E-state index contributed by atoms with van der Waals surface area (Å²) in [4.78, 5) is 0. The molecule has 0 fully saturated rings. The van der Waals surface area contributed by atoms with E-state index in [0.717, 1.165) is 10.2 Å². The Bertz CT molecular complexity index is 956. The second-order valence-electron chi connectivity index (χ2n) is 6.66. The molecule has 3 aromatic rings. The van der Waals surface area contributed by atoms with Crippen LogP contribution in [0.15, 0.2) is 41.9 Å². The highest BCUT2D eigenvalue weighted by molar-refractivity contribution is 7.71. The van der Waals surface area contributed by atoms with Crippen LogP contribution < -0.4 is 0 Å². The molecule has 3 rings (SSSR count). The Kier molecular flexibility index (Phi) is 6.52. The topological polar surface area (TPSA) is 28.7 Å². The highest BCUT2D eigenvalue weighted by Crippen LogP contribution is 2.23. The van der Waals surface area contributed by atoms with E-state index in [-0.39, 0.29) is 0 Å². The lowest BCUT2D eigenvalue weighted by Gasteiger charge is -2.10. The molecule has 0 aliphatic heterocycles. The van der Waals surface area contributed by atoms with Gasteiger partial charge in [-0.25, -0.2) is 0 Å². The van der Waals surface area contributed by atoms with Gasteiger partial charge in [-0.1, -0.05) is 32.1 Å². The second kappa shape index (κ2) is 8.42. The number of nitriles is 1. The summed E-state index contributed by atoms with van der Waals surface area (Å²) in [6.07, 6.45) is 2.07. The summed E-state index contributed by atoms with van der Waals surface area (Å²) in [7, 11) is 0. The lowest BCUT2D eigenvalue weighted by Crippen LogP contribution is -2.01. The van der Waals surface area contributed by atoms with E-state index in [9.17, 15) is 0 Å². The number of pyridine rings is 1. The van der Waals surface area contributed by atoms with E-state index in [1.54, 1.807) is 11.3 Å². The van der Waals surface area contributed by atoms with Crippen LogP contribution in [-0.4, -0.2) is 4.57 Å². The van der Waals surface area contributed by atoms with Crippen LogP contribution in [0.3, 0.4) is 0 Å². The number of fused-ring (bicyclic) bond motifs is 1. The molecule has 25 heavy (non-hydrogen) atoms. The molecule has 0 amide bonds. The predicted molar refractivity (Wildman–Crippen MR) is 111 cm³/mol. The van der Waals surface area contributed by atoms with Crippen molar-refractivity contribution >= 4 is 33.6 Å². The van der Waals surface area contributed by atoms with Gasteiger partial charge in [0.05, 0.1) is 16.3 Å². The molecule has 0 spiro atoms. The van der Waals surface area contributed by atoms with Gasteiger partial charge in [-0.3, -0.25) is 0 Å². The number of hydrogen-bond acceptors (Lipinski definition) is 3. The van der Waals surface area contributed by atoms with Crippen molar-refractivity contribution in [3.63, 3.8) is 0 Å². The molecule has 0 saturated carbocycles. The van der Waals surface area contributed by atoms with Crippen molar-refractivity contribution < 1.29 is 0 Å². The minimum absolute atomic E-state index is 0.444. The maximum atomic E-state index is 8.64. The molecule has 0 saturated heterocycles. The number of nitrogens with zero attached hydrogens (tertiary/aromatic N) is 2. The van der Waals surface area contributed by atoms with Crippen molar-refractivity contribution in [3.8, 4) is 6.07 Å². The lowest BCUT2D eigenvalue weighted by molar-refractivity contribution is 0.593. The summed E-state index contributed by atoms with van der Waals surface area (Å²) in [5, 5.41) is 12.0. The van der Waals surface area contributed by atoms with E-state index in [1.807, 2.05) is 18.2 Å². The molecular weight excluding hydrogens is 344 g/mol. The van der Waals surface area contributed by atoms with Crippen LogP contribution in [0.4, 0.5) is 0 Å². The summed E-state index contributed by atoms with van der Waals surface area (Å²) in [5.74, 6) is 0.540. The quantitative estimate of drug-likeness (QED) is 0.455. The molecule has 0 unspecified atom stereocenters. The molecule has 1 aromatic carbocycles. The second-order valence-corrected chi connectivity index (χ2v) is 7.97. The first kappa shape index (κ1) is 19.4. The third-order valence-electron chi connectivity index (χ3n) is 4.12. The standard InChI is InChI=1S/C11H13N.C10H11NS2/c1-8(2)11-5-4-10(7-12)6-9(11)3;1-7(2)11-5-3-8-4-6-13-9(8)10(11)12/h4-6,8H,1-3H3;3-7H,1-2H3. The average Bonchev–Trinajstić information content (AvgIpc) is 3.04. The van der Waals surface area contributed by atoms with Crippen LogP contribution in [0, 0.1) is 22.9 Å². The van der Waals surface area contributed by atoms with Gasteiger partial charge in [-0.15, -0.1) is 11.3 Å². The molecule has 4 heteroatoms. The molecule has 2 heterocycles. The minimum atomic E-state index is 0.444. The van der Waals surface area contributed by atoms with Crippen molar-refractivity contribution in [1.82, 2.24) is 4.57 Å². The molecule has 0 aliphatic carbocycles. The third-order valence-corrected chi connectivity index (χ3v) is 5.60. The summed E-state index contributed by atoms with van der Waals surface area (Å²) in [6, 6.07) is 12.7. The number of hydrogen-bond donors (Lipinski definition) is 0. The van der Waals surface area contributed by atoms with E-state index in [1.165, 1.54) is 21.2 Å². The highest BCUT2D eigenvalue weighted by atomic mass is 32.1. The lowest BCUT2D eigenvalue weighted by atomic mass is 9.97. The Morgan fingerprint density at radius 1 is 1.12 bits per heavy atom. The largest absolute Gasteiger partial charge is 0.336 e. The smallest absolute Gasteiger partial charge is 0.124 e. The molecule has 0 aliphatic rings. The molecule has 0 radical (unpaired) electrons. The normalized spacial score (nSPS) is 10.6. The third kappa shape index (κ3) is 4.56. The van der Waals surface area contributed by atoms with Crippen LogP contribution in [-0.2, 0) is 0 Å². The van der Waals surface area contributed by atoms with Crippen LogP contribution in [0.5, 0.6) is 0 Å². The SMILES string of the molecule is CC(C)n1ccc2ccsc2c1=S.Cc1cc(C#N)ccc1C(C)C. The molecule has 2 aromatic heterocycles. The summed E-state index contributed by atoms with van der Waals surface area (Å²) in [6.45, 7) is 10.7. The van der Waals surface area contributed by atoms with Gasteiger partial charge >= 0.3 is 0 Å². The fourth-order valence-corrected chi connectivity index (χ4v) is 4.13. The number of benzene rings is 1. The van der Waals surface area contributed by atoms with Gasteiger partial charge in [0.1, 0.15) is 4.64 Å². The molecule has 0 bridgehead atoms. The molecule has 0 N–H and O–H groups in total. The van der Waals surface area contributed by atoms with Gasteiger partial charge in [0, 0.05) is 12.2 Å². The van der Waals surface area contributed by atoms with Gasteiger partial charge in [-0.05, 0) is 72.8 Å². The van der Waals surface area contributed by atoms with Crippen molar-refractivity contribution in [3.05, 3.63) is 63.2 Å². The average molecular weight is 369 g/mol. The van der Waals surface area contributed by atoms with E-state index < -0.39 is 0 Å². The highest BCUT2D eigenvalue weighted by Gasteiger charge is 2.03. The fraction of sp³-hybridized carbons (Fsp3) is 0.333. The van der Waals surface area contributed by atoms with Crippen LogP contribution >= 0.6 is 23.6 Å². The number of rotatable bonds is 2. The zero-order chi connectivity index (χ0) is 18.6. The van der Waals surface area contributed by atoms with Gasteiger partial charge in [-0.2, -0.15) is 5.26 Å². The van der Waals surface area contributed by atoms with Crippen molar-refractivity contribution in [2.75, 3.05) is 0 Å². The minimum Gasteiger partial charge on any atom is -0.336 e. The summed E-state index contributed by atoms with van der Waals surface area (Å²) >= 11 is 7.12. The maximum Gasteiger partial charge on any atom is 0.124 e. The van der Waals surface area contributed by atoms with Crippen molar-refractivity contribution in [2.45, 2.75) is 46.6 Å². The van der Waals surface area contributed by atoms with Crippen LogP contribution in [0.25, 0.3) is 10.1 Å². The molecular formula is C21H24N2S2. The molecule has 130 valence electrons. The summed E-state index contributed by atoms with van der Waals surface area (Å²) < 4.78 is 4.32. The molecule has 0 atom stereocenters. The Morgan fingerprint density at radius 3 is 2.40 bits per heavy atom. The first-order valence-corrected chi connectivity index (χ1v) is 9.73. The molecule has 2 nitrogen and oxygen atoms in total. The Balaban J connectivity index is 0.000000181. The van der Waals surface area contributed by atoms with Crippen molar-refractivity contribution in [1.29, 1.82) is 5.26 Å². The zero-order valence-corrected chi connectivity index (χ0v) is 17.0. The number of aromatic nitrogens is 1. The Labute approximate surface area is 159 Å². The van der Waals surface area contributed by atoms with Gasteiger partial charge in [0.25, 0.3) is 0 Å². The number of aryl methyl sites for hydroxylation is 1. The summed E-state index contributed by atoms with van der Waals surface area (Å²) in [5.41, 5.74) is 3.29. The Hall–Kier alpha value is -1.96. The Morgan fingerprint density at radius 2 is 1.84 bits per heavy atom. The van der Waals surface area contributed by atoms with Crippen molar-refractivity contribution in [2.24, 2.45) is 0 Å². The zero-order valence-electron chi connectivity index (χ0n) is 15.4. The van der Waals surface area contributed by atoms with E-state index in [2.05, 4.69) is 69.0 Å². The maximum absolute atomic E-state index is 8.64. The van der Waals surface area contributed by atoms with E-state index in [4.69, 9.17) is 17.5 Å². The number of thiophene rings is 1. The van der Waals surface area contributed by atoms with Crippen LogP contribution in [0.1, 0.15) is 56.3 Å². The van der Waals surface area contributed by atoms with Gasteiger partial charge < -0.3 is 4.57 Å². The van der Waals surface area contributed by atoms with E-state index >= 15 is 0 Å². The van der Waals surface area contributed by atoms with Crippen LogP contribution in [0.2, 0.25) is 0 Å². The van der Waals surface area contributed by atoms with Gasteiger partial charge in [0.2, 0.25) is 0 Å². The first-order chi connectivity index (χ1) is 11.8. The van der Waals surface area contributed by atoms with E-state index in [0.29, 0.717) is 12.0 Å².